The van der Waals surface area contributed by atoms with E-state index in [4.69, 9.17) is 0 Å². The van der Waals surface area contributed by atoms with Gasteiger partial charge < -0.3 is 0 Å². The quantitative estimate of drug-likeness (QED) is 0.567. The highest BCUT2D eigenvalue weighted by Crippen LogP contribution is 2.23. The van der Waals surface area contributed by atoms with E-state index in [9.17, 15) is 0 Å². The average molecular weight is 216 g/mol. The molecule has 0 aliphatic rings. The molecule has 0 aliphatic carbocycles. The van der Waals surface area contributed by atoms with Gasteiger partial charge in [-0.25, -0.2) is 0 Å². The summed E-state index contributed by atoms with van der Waals surface area (Å²) in [6, 6.07) is 0. The molecule has 0 spiro atoms. The summed E-state index contributed by atoms with van der Waals surface area (Å²) in [5.41, 5.74) is 0. The Labute approximate surface area is 92.3 Å². The highest BCUT2D eigenvalue weighted by molar-refractivity contribution is 8.25. The van der Waals surface area contributed by atoms with Gasteiger partial charge in [0, 0.05) is 0 Å². The van der Waals surface area contributed by atoms with Crippen molar-refractivity contribution in [3.63, 3.8) is 0 Å². The fourth-order valence-corrected chi connectivity index (χ4v) is 9.54. The van der Waals surface area contributed by atoms with Gasteiger partial charge in [0.1, 0.15) is 0 Å². The van der Waals surface area contributed by atoms with Crippen molar-refractivity contribution in [3.8, 4) is 0 Å². The second-order valence-corrected chi connectivity index (χ2v) is 10.7. The molecule has 0 N–H and O–H groups in total. The standard InChI is InChI=1S/2C4H9.C3H8S.Al/c2*1-4(2)3;1-2-3-4;/h2*4H,1H2,2-3H3;4H,2-3H2,1H3;/q;;;+1/p-1. The second-order valence-electron chi connectivity index (χ2n) is 4.75. The van der Waals surface area contributed by atoms with Gasteiger partial charge >= 0.3 is 13.0 Å². The Bertz CT molecular complexity index is 103. The van der Waals surface area contributed by atoms with Crippen LogP contribution in [0.2, 0.25) is 10.6 Å². The maximum absolute atomic E-state index is 2.37. The molecular weight excluding hydrogens is 191 g/mol. The van der Waals surface area contributed by atoms with Crippen LogP contribution in [0.1, 0.15) is 41.0 Å². The first-order chi connectivity index (χ1) is 6.06. The first-order valence-corrected chi connectivity index (χ1v) is 9.77. The molecule has 2 heteroatoms. The zero-order chi connectivity index (χ0) is 10.3. The number of hydrogen-bond donors (Lipinski definition) is 0. The zero-order valence-electron chi connectivity index (χ0n) is 9.97. The van der Waals surface area contributed by atoms with Crippen LogP contribution >= 0.6 is 10.1 Å². The van der Waals surface area contributed by atoms with Gasteiger partial charge in [0.15, 0.2) is 0 Å². The van der Waals surface area contributed by atoms with Gasteiger partial charge in [-0.3, -0.25) is 10.1 Å². The van der Waals surface area contributed by atoms with E-state index in [1.807, 2.05) is 0 Å². The third-order valence-electron chi connectivity index (χ3n) is 2.03. The minimum Gasteiger partial charge on any atom is -0.256 e. The van der Waals surface area contributed by atoms with Crippen molar-refractivity contribution in [2.24, 2.45) is 11.8 Å². The highest BCUT2D eigenvalue weighted by Gasteiger charge is 2.20. The van der Waals surface area contributed by atoms with E-state index in [1.54, 1.807) is 0 Å². The molecule has 0 fully saturated rings. The lowest BCUT2D eigenvalue weighted by atomic mass is 10.3. The first-order valence-electron chi connectivity index (χ1n) is 5.67. The van der Waals surface area contributed by atoms with E-state index in [2.05, 4.69) is 44.7 Å². The minimum absolute atomic E-state index is 0.451. The lowest BCUT2D eigenvalue weighted by Crippen LogP contribution is -2.14. The van der Waals surface area contributed by atoms with Crippen molar-refractivity contribution in [1.82, 2.24) is 0 Å². The van der Waals surface area contributed by atoms with Crippen LogP contribution in [0.5, 0.6) is 0 Å². The molecule has 0 rings (SSSR count). The lowest BCUT2D eigenvalue weighted by Gasteiger charge is -2.15. The second kappa shape index (κ2) is 8.21. The van der Waals surface area contributed by atoms with E-state index >= 15 is 0 Å². The molecule has 0 atom stereocenters. The van der Waals surface area contributed by atoms with Crippen LogP contribution in [0.25, 0.3) is 0 Å². The molecule has 0 aromatic heterocycles. The highest BCUT2D eigenvalue weighted by atomic mass is 32.3. The Morgan fingerprint density at radius 1 is 1.00 bits per heavy atom. The molecular formula is C11H25AlS. The molecule has 0 amide bonds. The summed E-state index contributed by atoms with van der Waals surface area (Å²) in [6.07, 6.45) is 1.35. The summed E-state index contributed by atoms with van der Waals surface area (Å²) in [6.45, 7) is 11.8. The fraction of sp³-hybridized carbons (Fsp3) is 1.00. The first kappa shape index (κ1) is 13.9. The molecule has 0 heterocycles. The molecule has 0 bridgehead atoms. The lowest BCUT2D eigenvalue weighted by molar-refractivity contribution is 0.698. The summed E-state index contributed by atoms with van der Waals surface area (Å²) in [5.74, 6) is 3.23. The molecule has 0 radical (unpaired) electrons. The van der Waals surface area contributed by atoms with Crippen LogP contribution in [0.4, 0.5) is 0 Å². The predicted octanol–water partition coefficient (Wildman–Crippen LogP) is 4.43. The molecule has 0 aliphatic heterocycles. The van der Waals surface area contributed by atoms with Crippen molar-refractivity contribution in [2.45, 2.75) is 51.6 Å². The summed E-state index contributed by atoms with van der Waals surface area (Å²) in [7, 11) is 2.32. The largest absolute Gasteiger partial charge is 0.349 e. The monoisotopic (exact) mass is 216 g/mol. The van der Waals surface area contributed by atoms with E-state index in [1.165, 1.54) is 22.7 Å². The van der Waals surface area contributed by atoms with Gasteiger partial charge in [-0.15, -0.1) is 0 Å². The van der Waals surface area contributed by atoms with Gasteiger partial charge in [0.05, 0.1) is 0 Å². The van der Waals surface area contributed by atoms with Crippen LogP contribution in [0.3, 0.4) is 0 Å². The van der Waals surface area contributed by atoms with Gasteiger partial charge in [0.25, 0.3) is 0 Å². The minimum atomic E-state index is -0.451. The van der Waals surface area contributed by atoms with Crippen molar-refractivity contribution in [3.05, 3.63) is 0 Å². The van der Waals surface area contributed by atoms with Crippen LogP contribution in [-0.2, 0) is 0 Å². The summed E-state index contributed by atoms with van der Waals surface area (Å²) < 4.78 is 0. The van der Waals surface area contributed by atoms with Crippen molar-refractivity contribution >= 4 is 23.1 Å². The normalized spacial score (nSPS) is 11.3. The van der Waals surface area contributed by atoms with E-state index < -0.39 is 13.0 Å². The smallest absolute Gasteiger partial charge is 0.256 e. The Kier molecular flexibility index (Phi) is 8.77. The molecule has 0 unspecified atom stereocenters. The van der Waals surface area contributed by atoms with Crippen molar-refractivity contribution < 1.29 is 0 Å². The Morgan fingerprint density at radius 2 is 1.46 bits per heavy atom. The molecule has 0 saturated heterocycles. The average Bonchev–Trinajstić information content (AvgIpc) is 1.98. The SMILES string of the molecule is CCC[S][Al]([CH2]C(C)C)[CH2]C(C)C. The molecule has 0 aromatic carbocycles. The van der Waals surface area contributed by atoms with Crippen molar-refractivity contribution in [1.29, 1.82) is 0 Å². The van der Waals surface area contributed by atoms with Crippen molar-refractivity contribution in [2.75, 3.05) is 5.75 Å². The topological polar surface area (TPSA) is 0 Å². The van der Waals surface area contributed by atoms with Gasteiger partial charge in [-0.05, 0) is 12.2 Å². The summed E-state index contributed by atoms with van der Waals surface area (Å²) in [5, 5.41) is 3.06. The molecule has 0 aromatic rings. The van der Waals surface area contributed by atoms with E-state index in [0.29, 0.717) is 0 Å². The van der Waals surface area contributed by atoms with E-state index in [-0.39, 0.29) is 0 Å². The zero-order valence-corrected chi connectivity index (χ0v) is 11.9. The maximum atomic E-state index is 2.37. The summed E-state index contributed by atoms with van der Waals surface area (Å²) >= 11 is -0.451. The number of hydrogen-bond acceptors (Lipinski definition) is 1. The molecule has 13 heavy (non-hydrogen) atoms. The Hall–Kier alpha value is 0.882. The molecule has 0 saturated carbocycles. The summed E-state index contributed by atoms with van der Waals surface area (Å²) in [4.78, 5) is 0. The fourth-order valence-electron chi connectivity index (χ4n) is 1.57. The third kappa shape index (κ3) is 9.19. The van der Waals surface area contributed by atoms with Gasteiger partial charge in [0.2, 0.25) is 0 Å². The molecule has 0 nitrogen and oxygen atoms in total. The third-order valence-corrected chi connectivity index (χ3v) is 9.35. The Balaban J connectivity index is 3.73. The Morgan fingerprint density at radius 3 is 1.77 bits per heavy atom. The predicted molar refractivity (Wildman–Crippen MR) is 67.8 cm³/mol. The van der Waals surface area contributed by atoms with Crippen LogP contribution in [0, 0.1) is 11.8 Å². The van der Waals surface area contributed by atoms with Crippen LogP contribution in [0.15, 0.2) is 0 Å². The van der Waals surface area contributed by atoms with Gasteiger partial charge in [-0.2, -0.15) is 0 Å². The number of rotatable bonds is 7. The van der Waals surface area contributed by atoms with Gasteiger partial charge in [-0.1, -0.05) is 57.0 Å². The van der Waals surface area contributed by atoms with Crippen LogP contribution < -0.4 is 0 Å². The van der Waals surface area contributed by atoms with E-state index in [0.717, 1.165) is 11.8 Å². The van der Waals surface area contributed by atoms with Crippen LogP contribution in [-0.4, -0.2) is 18.8 Å². The maximum Gasteiger partial charge on any atom is 0.349 e. The molecule has 78 valence electrons.